The molecule has 0 radical (unpaired) electrons. The first-order valence-electron chi connectivity index (χ1n) is 7.74. The Labute approximate surface area is 135 Å². The van der Waals surface area contributed by atoms with Gasteiger partial charge in [0.1, 0.15) is 18.5 Å². The lowest BCUT2D eigenvalue weighted by Gasteiger charge is -2.10. The Hall–Kier alpha value is -2.55. The maximum Gasteiger partial charge on any atom is 0.408 e. The van der Waals surface area contributed by atoms with E-state index < -0.39 is 6.09 Å². The van der Waals surface area contributed by atoms with Crippen LogP contribution in [-0.2, 0) is 4.74 Å². The number of hydrogen-bond donors (Lipinski definition) is 1. The average Bonchev–Trinajstić information content (AvgIpc) is 3.21. The first-order valence-corrected chi connectivity index (χ1v) is 7.74. The zero-order valence-electron chi connectivity index (χ0n) is 12.8. The van der Waals surface area contributed by atoms with Crippen molar-refractivity contribution in [2.24, 2.45) is 0 Å². The van der Waals surface area contributed by atoms with Gasteiger partial charge in [-0.25, -0.2) is 4.79 Å². The summed E-state index contributed by atoms with van der Waals surface area (Å²) >= 11 is 0. The van der Waals surface area contributed by atoms with Crippen LogP contribution in [0, 0.1) is 11.8 Å². The van der Waals surface area contributed by atoms with Crippen LogP contribution in [0.2, 0.25) is 0 Å². The second kappa shape index (κ2) is 7.63. The Kier molecular flexibility index (Phi) is 5.09. The molecule has 1 aliphatic carbocycles. The summed E-state index contributed by atoms with van der Waals surface area (Å²) in [7, 11) is 0. The van der Waals surface area contributed by atoms with E-state index in [-0.39, 0.29) is 26.0 Å². The van der Waals surface area contributed by atoms with Crippen molar-refractivity contribution >= 4 is 6.09 Å². The van der Waals surface area contributed by atoms with Crippen molar-refractivity contribution in [1.29, 1.82) is 0 Å². The highest BCUT2D eigenvalue weighted by molar-refractivity contribution is 5.67. The van der Waals surface area contributed by atoms with E-state index >= 15 is 0 Å². The molecule has 1 heterocycles. The second-order valence-electron chi connectivity index (χ2n) is 5.32. The first-order chi connectivity index (χ1) is 11.3. The lowest BCUT2D eigenvalue weighted by Crippen LogP contribution is -2.28. The van der Waals surface area contributed by atoms with E-state index in [2.05, 4.69) is 17.2 Å². The molecule has 0 bridgehead atoms. The van der Waals surface area contributed by atoms with E-state index in [1.807, 2.05) is 0 Å². The molecule has 1 aliphatic heterocycles. The van der Waals surface area contributed by atoms with E-state index in [0.717, 1.165) is 25.7 Å². The van der Waals surface area contributed by atoms with Crippen LogP contribution in [0.3, 0.4) is 0 Å². The summed E-state index contributed by atoms with van der Waals surface area (Å²) in [4.78, 5) is 11.5. The van der Waals surface area contributed by atoms with Crippen molar-refractivity contribution in [2.45, 2.75) is 31.8 Å². The molecule has 23 heavy (non-hydrogen) atoms. The highest BCUT2D eigenvalue weighted by Crippen LogP contribution is 2.34. The normalized spacial score (nSPS) is 15.7. The number of carbonyl (C=O) groups excluding carboxylic acids is 1. The standard InChI is InChI=1S/C17H19NO5/c19-17(23-13-5-1-2-6-13)18-9-3-4-10-20-14-7-8-15-16(11-14)22-12-21-15/h7-8,11,13H,1-2,5-6,9-10,12H2,(H,18,19). The number of amides is 1. The van der Waals surface area contributed by atoms with Gasteiger partial charge in [-0.05, 0) is 37.8 Å². The van der Waals surface area contributed by atoms with Crippen molar-refractivity contribution in [2.75, 3.05) is 19.9 Å². The zero-order chi connectivity index (χ0) is 15.9. The number of benzene rings is 1. The first kappa shape index (κ1) is 15.3. The summed E-state index contributed by atoms with van der Waals surface area (Å²) in [5, 5.41) is 2.62. The number of ether oxygens (including phenoxy) is 4. The molecule has 0 aromatic heterocycles. The molecule has 122 valence electrons. The molecule has 0 atom stereocenters. The van der Waals surface area contributed by atoms with Crippen LogP contribution in [0.1, 0.15) is 25.7 Å². The van der Waals surface area contributed by atoms with Gasteiger partial charge in [-0.1, -0.05) is 11.8 Å². The number of alkyl carbamates (subject to hydrolysis) is 1. The molecule has 0 unspecified atom stereocenters. The van der Waals surface area contributed by atoms with E-state index in [1.54, 1.807) is 18.2 Å². The summed E-state index contributed by atoms with van der Waals surface area (Å²) < 4.78 is 21.2. The van der Waals surface area contributed by atoms with E-state index in [4.69, 9.17) is 18.9 Å². The monoisotopic (exact) mass is 317 g/mol. The molecule has 1 aromatic rings. The molecule has 0 spiro atoms. The van der Waals surface area contributed by atoms with Gasteiger partial charge in [0.25, 0.3) is 0 Å². The smallest absolute Gasteiger partial charge is 0.408 e. The van der Waals surface area contributed by atoms with Crippen LogP contribution in [-0.4, -0.2) is 32.1 Å². The zero-order valence-corrected chi connectivity index (χ0v) is 12.8. The molecule has 1 amide bonds. The lowest BCUT2D eigenvalue weighted by atomic mass is 10.3. The van der Waals surface area contributed by atoms with Crippen LogP contribution >= 0.6 is 0 Å². The van der Waals surface area contributed by atoms with Crippen LogP contribution in [0.25, 0.3) is 0 Å². The van der Waals surface area contributed by atoms with Gasteiger partial charge in [-0.2, -0.15) is 0 Å². The molecule has 6 heteroatoms. The molecule has 6 nitrogen and oxygen atoms in total. The summed E-state index contributed by atoms with van der Waals surface area (Å²) in [6, 6.07) is 5.36. The minimum atomic E-state index is -0.400. The van der Waals surface area contributed by atoms with Gasteiger partial charge in [0.2, 0.25) is 6.79 Å². The Balaban J connectivity index is 1.33. The van der Waals surface area contributed by atoms with E-state index in [0.29, 0.717) is 17.2 Å². The predicted octanol–water partition coefficient (Wildman–Crippen LogP) is 2.47. The minimum absolute atomic E-state index is 0.0669. The third-order valence-corrected chi connectivity index (χ3v) is 3.68. The number of hydrogen-bond acceptors (Lipinski definition) is 5. The van der Waals surface area contributed by atoms with Crippen molar-refractivity contribution in [3.63, 3.8) is 0 Å². The van der Waals surface area contributed by atoms with Crippen LogP contribution in [0.5, 0.6) is 17.2 Å². The van der Waals surface area contributed by atoms with E-state index in [1.165, 1.54) is 0 Å². The maximum atomic E-state index is 11.5. The molecule has 1 aromatic carbocycles. The Bertz CT molecular complexity index is 613. The van der Waals surface area contributed by atoms with Crippen LogP contribution < -0.4 is 19.5 Å². The van der Waals surface area contributed by atoms with Gasteiger partial charge in [0, 0.05) is 6.07 Å². The summed E-state index contributed by atoms with van der Waals surface area (Å²) in [6.45, 7) is 0.719. The Morgan fingerprint density at radius 1 is 1.22 bits per heavy atom. The second-order valence-corrected chi connectivity index (χ2v) is 5.32. The highest BCUT2D eigenvalue weighted by Gasteiger charge is 2.18. The molecule has 1 saturated carbocycles. The molecule has 1 N–H and O–H groups in total. The van der Waals surface area contributed by atoms with Gasteiger partial charge in [-0.3, -0.25) is 0 Å². The summed E-state index contributed by atoms with van der Waals surface area (Å²) in [5.41, 5.74) is 0. The van der Waals surface area contributed by atoms with Gasteiger partial charge in [0.05, 0.1) is 6.54 Å². The summed E-state index contributed by atoms with van der Waals surface area (Å²) in [5.74, 6) is 7.71. The number of nitrogens with one attached hydrogen (secondary N) is 1. The van der Waals surface area contributed by atoms with Crippen molar-refractivity contribution in [3.8, 4) is 29.1 Å². The van der Waals surface area contributed by atoms with Crippen molar-refractivity contribution < 1.29 is 23.7 Å². The highest BCUT2D eigenvalue weighted by atomic mass is 16.7. The van der Waals surface area contributed by atoms with Gasteiger partial charge in [0.15, 0.2) is 11.5 Å². The maximum absolute atomic E-state index is 11.5. The fourth-order valence-corrected chi connectivity index (χ4v) is 2.52. The van der Waals surface area contributed by atoms with Crippen LogP contribution in [0.4, 0.5) is 4.79 Å². The lowest BCUT2D eigenvalue weighted by molar-refractivity contribution is 0.102. The van der Waals surface area contributed by atoms with Crippen molar-refractivity contribution in [1.82, 2.24) is 5.32 Å². The Morgan fingerprint density at radius 2 is 2.04 bits per heavy atom. The molecule has 1 fully saturated rings. The number of fused-ring (bicyclic) bond motifs is 1. The molecular weight excluding hydrogens is 298 g/mol. The molecule has 2 aliphatic rings. The third-order valence-electron chi connectivity index (χ3n) is 3.68. The fourth-order valence-electron chi connectivity index (χ4n) is 2.52. The van der Waals surface area contributed by atoms with Crippen LogP contribution in [0.15, 0.2) is 18.2 Å². The fraction of sp³-hybridized carbons (Fsp3) is 0.471. The minimum Gasteiger partial charge on any atom is -0.481 e. The summed E-state index contributed by atoms with van der Waals surface area (Å²) in [6.07, 6.45) is 3.86. The van der Waals surface area contributed by atoms with Gasteiger partial charge in [-0.15, -0.1) is 0 Å². The number of carbonyl (C=O) groups is 1. The average molecular weight is 317 g/mol. The Morgan fingerprint density at radius 3 is 2.91 bits per heavy atom. The quantitative estimate of drug-likeness (QED) is 0.864. The SMILES string of the molecule is O=C(NCC#CCOc1ccc2c(c1)OCO2)OC1CCCC1. The van der Waals surface area contributed by atoms with Gasteiger partial charge < -0.3 is 24.3 Å². The predicted molar refractivity (Wildman–Crippen MR) is 82.6 cm³/mol. The molecule has 3 rings (SSSR count). The topological polar surface area (TPSA) is 66.0 Å². The third kappa shape index (κ3) is 4.46. The number of rotatable bonds is 4. The molecular formula is C17H19NO5. The molecule has 0 saturated heterocycles. The van der Waals surface area contributed by atoms with Gasteiger partial charge >= 0.3 is 6.09 Å². The van der Waals surface area contributed by atoms with Crippen molar-refractivity contribution in [3.05, 3.63) is 18.2 Å². The van der Waals surface area contributed by atoms with E-state index in [9.17, 15) is 4.79 Å². The largest absolute Gasteiger partial charge is 0.481 e.